The van der Waals surface area contributed by atoms with Gasteiger partial charge in [0.1, 0.15) is 22.8 Å². The van der Waals surface area contributed by atoms with Gasteiger partial charge in [0, 0.05) is 40.1 Å². The smallest absolute Gasteiger partial charge is 0.219 e. The predicted molar refractivity (Wildman–Crippen MR) is 145 cm³/mol. The van der Waals surface area contributed by atoms with E-state index in [0.29, 0.717) is 17.1 Å². The van der Waals surface area contributed by atoms with Gasteiger partial charge in [-0.15, -0.1) is 0 Å². The highest BCUT2D eigenvalue weighted by Crippen LogP contribution is 2.38. The van der Waals surface area contributed by atoms with Gasteiger partial charge in [0.05, 0.1) is 11.0 Å². The van der Waals surface area contributed by atoms with Gasteiger partial charge in [0.25, 0.3) is 0 Å². The molecule has 0 fully saturated rings. The van der Waals surface area contributed by atoms with Crippen LogP contribution in [0.2, 0.25) is 0 Å². The van der Waals surface area contributed by atoms with E-state index in [1.165, 1.54) is 0 Å². The number of phenols is 1. The van der Waals surface area contributed by atoms with Gasteiger partial charge >= 0.3 is 0 Å². The molecule has 3 heterocycles. The summed E-state index contributed by atoms with van der Waals surface area (Å²) in [5.74, 6) is 2.16. The molecular formula is C31H27N3O2. The number of ether oxygens (including phenoxy) is 1. The molecule has 0 aliphatic carbocycles. The van der Waals surface area contributed by atoms with E-state index in [9.17, 15) is 5.11 Å². The number of aryl methyl sites for hydroxylation is 1. The molecule has 3 aromatic heterocycles. The van der Waals surface area contributed by atoms with Gasteiger partial charge in [0.2, 0.25) is 5.88 Å². The monoisotopic (exact) mass is 473 g/mol. The summed E-state index contributed by atoms with van der Waals surface area (Å²) < 4.78 is 8.40. The SMILES string of the molecule is Cc1ccnc(-n2c3ccccc3c3ccc(Oc4ccc5ccc(C(C)(C)C)c(O)c5n4)cc32)c1. The summed E-state index contributed by atoms with van der Waals surface area (Å²) in [6, 6.07) is 26.2. The largest absolute Gasteiger partial charge is 0.505 e. The molecule has 1 N–H and O–H groups in total. The molecule has 0 radical (unpaired) electrons. The minimum absolute atomic E-state index is 0.195. The number of para-hydroxylation sites is 1. The maximum Gasteiger partial charge on any atom is 0.219 e. The number of phenolic OH excluding ortho intramolecular Hbond substituents is 1. The summed E-state index contributed by atoms with van der Waals surface area (Å²) in [7, 11) is 0. The zero-order valence-corrected chi connectivity index (χ0v) is 20.8. The summed E-state index contributed by atoms with van der Waals surface area (Å²) >= 11 is 0. The molecule has 0 saturated carbocycles. The van der Waals surface area contributed by atoms with Crippen molar-refractivity contribution in [1.82, 2.24) is 14.5 Å². The molecule has 0 atom stereocenters. The molecule has 0 unspecified atom stereocenters. The Balaban J connectivity index is 1.48. The normalized spacial score (nSPS) is 12.0. The van der Waals surface area contributed by atoms with Crippen molar-refractivity contribution >= 4 is 32.7 Å². The molecule has 0 spiro atoms. The van der Waals surface area contributed by atoms with Crippen LogP contribution in [-0.2, 0) is 5.41 Å². The van der Waals surface area contributed by atoms with Gasteiger partial charge in [-0.25, -0.2) is 9.97 Å². The highest BCUT2D eigenvalue weighted by atomic mass is 16.5. The first-order valence-corrected chi connectivity index (χ1v) is 12.1. The minimum atomic E-state index is -0.195. The van der Waals surface area contributed by atoms with Crippen molar-refractivity contribution in [3.05, 3.63) is 96.2 Å². The summed E-state index contributed by atoms with van der Waals surface area (Å²) in [6.07, 6.45) is 1.84. The maximum atomic E-state index is 11.0. The molecule has 5 nitrogen and oxygen atoms in total. The Bertz CT molecular complexity index is 1780. The summed E-state index contributed by atoms with van der Waals surface area (Å²) in [5.41, 5.74) is 4.44. The van der Waals surface area contributed by atoms with E-state index in [4.69, 9.17) is 4.74 Å². The fraction of sp³-hybridized carbons (Fsp3) is 0.161. The number of hydrogen-bond donors (Lipinski definition) is 1. The van der Waals surface area contributed by atoms with E-state index in [1.807, 2.05) is 54.7 Å². The molecule has 0 aliphatic heterocycles. The van der Waals surface area contributed by atoms with Crippen molar-refractivity contribution in [1.29, 1.82) is 0 Å². The molecule has 3 aromatic carbocycles. The van der Waals surface area contributed by atoms with Gasteiger partial charge < -0.3 is 9.84 Å². The van der Waals surface area contributed by atoms with Crippen LogP contribution < -0.4 is 4.74 Å². The first-order chi connectivity index (χ1) is 17.3. The first kappa shape index (κ1) is 22.1. The third-order valence-electron chi connectivity index (χ3n) is 6.62. The lowest BCUT2D eigenvalue weighted by Crippen LogP contribution is -2.11. The van der Waals surface area contributed by atoms with Crippen molar-refractivity contribution in [3.63, 3.8) is 0 Å². The lowest BCUT2D eigenvalue weighted by Gasteiger charge is -2.21. The Morgan fingerprint density at radius 1 is 0.833 bits per heavy atom. The highest BCUT2D eigenvalue weighted by molar-refractivity contribution is 6.09. The molecule has 5 heteroatoms. The fourth-order valence-electron chi connectivity index (χ4n) is 4.84. The number of aromatic nitrogens is 3. The van der Waals surface area contributed by atoms with Crippen LogP contribution in [0.4, 0.5) is 0 Å². The number of pyridine rings is 2. The second-order valence-corrected chi connectivity index (χ2v) is 10.3. The quantitative estimate of drug-likeness (QED) is 0.284. The van der Waals surface area contributed by atoms with Crippen molar-refractivity contribution in [2.75, 3.05) is 0 Å². The first-order valence-electron chi connectivity index (χ1n) is 12.1. The van der Waals surface area contributed by atoms with Crippen molar-refractivity contribution in [2.45, 2.75) is 33.1 Å². The standard InChI is InChI=1S/C31H27N3O2/c1-19-15-16-32-27(17-19)34-25-8-6-5-7-22(25)23-12-11-21(18-26(23)34)36-28-14-10-20-9-13-24(31(2,3)4)30(35)29(20)33-28/h5-18,35H,1-4H3. The van der Waals surface area contributed by atoms with E-state index in [1.54, 1.807) is 0 Å². The Hall–Kier alpha value is -4.38. The van der Waals surface area contributed by atoms with E-state index in [2.05, 4.69) is 72.6 Å². The van der Waals surface area contributed by atoms with Crippen LogP contribution in [-0.4, -0.2) is 19.6 Å². The Labute approximate surface area is 209 Å². The molecule has 0 bridgehead atoms. The lowest BCUT2D eigenvalue weighted by atomic mass is 9.85. The minimum Gasteiger partial charge on any atom is -0.505 e. The maximum absolute atomic E-state index is 11.0. The average Bonchev–Trinajstić information content (AvgIpc) is 3.17. The number of benzene rings is 3. The average molecular weight is 474 g/mol. The lowest BCUT2D eigenvalue weighted by molar-refractivity contribution is 0.446. The van der Waals surface area contributed by atoms with Crippen LogP contribution in [0.25, 0.3) is 38.5 Å². The van der Waals surface area contributed by atoms with E-state index in [0.717, 1.165) is 44.1 Å². The number of hydrogen-bond acceptors (Lipinski definition) is 4. The van der Waals surface area contributed by atoms with Crippen molar-refractivity contribution < 1.29 is 9.84 Å². The number of fused-ring (bicyclic) bond motifs is 4. The molecule has 36 heavy (non-hydrogen) atoms. The number of nitrogens with zero attached hydrogens (tertiary/aromatic N) is 3. The summed E-state index contributed by atoms with van der Waals surface area (Å²) in [4.78, 5) is 9.32. The molecule has 0 aliphatic rings. The Morgan fingerprint density at radius 2 is 1.61 bits per heavy atom. The molecule has 6 aromatic rings. The van der Waals surface area contributed by atoms with Crippen LogP contribution in [0.5, 0.6) is 17.4 Å². The van der Waals surface area contributed by atoms with Gasteiger partial charge in [-0.1, -0.05) is 51.1 Å². The van der Waals surface area contributed by atoms with Crippen LogP contribution in [0.1, 0.15) is 31.9 Å². The van der Waals surface area contributed by atoms with Gasteiger partial charge in [-0.2, -0.15) is 0 Å². The van der Waals surface area contributed by atoms with Crippen molar-refractivity contribution in [3.8, 4) is 23.2 Å². The third kappa shape index (κ3) is 3.64. The van der Waals surface area contributed by atoms with Crippen LogP contribution in [0.3, 0.4) is 0 Å². The topological polar surface area (TPSA) is 60.2 Å². The third-order valence-corrected chi connectivity index (χ3v) is 6.62. The second kappa shape index (κ2) is 8.09. The van der Waals surface area contributed by atoms with Gasteiger partial charge in [-0.3, -0.25) is 4.57 Å². The van der Waals surface area contributed by atoms with Gasteiger partial charge in [-0.05, 0) is 54.3 Å². The Morgan fingerprint density at radius 3 is 2.42 bits per heavy atom. The van der Waals surface area contributed by atoms with Gasteiger partial charge in [0.15, 0.2) is 0 Å². The number of aromatic hydroxyl groups is 1. The fourth-order valence-corrected chi connectivity index (χ4v) is 4.84. The Kier molecular flexibility index (Phi) is 4.97. The van der Waals surface area contributed by atoms with Crippen molar-refractivity contribution in [2.24, 2.45) is 0 Å². The molecule has 6 rings (SSSR count). The van der Waals surface area contributed by atoms with Crippen LogP contribution in [0, 0.1) is 6.92 Å². The zero-order valence-electron chi connectivity index (χ0n) is 20.8. The van der Waals surface area contributed by atoms with Crippen LogP contribution in [0.15, 0.2) is 85.1 Å². The predicted octanol–water partition coefficient (Wildman–Crippen LogP) is 7.83. The van der Waals surface area contributed by atoms with Crippen LogP contribution >= 0.6 is 0 Å². The molecule has 0 amide bonds. The number of rotatable bonds is 3. The summed E-state index contributed by atoms with van der Waals surface area (Å²) in [6.45, 7) is 8.29. The van der Waals surface area contributed by atoms with E-state index < -0.39 is 0 Å². The van der Waals surface area contributed by atoms with E-state index >= 15 is 0 Å². The zero-order chi connectivity index (χ0) is 25.0. The molecular weight excluding hydrogens is 446 g/mol. The molecule has 0 saturated heterocycles. The summed E-state index contributed by atoms with van der Waals surface area (Å²) in [5, 5.41) is 14.1. The second-order valence-electron chi connectivity index (χ2n) is 10.3. The van der Waals surface area contributed by atoms with E-state index in [-0.39, 0.29) is 11.2 Å². The molecule has 178 valence electrons. The highest BCUT2D eigenvalue weighted by Gasteiger charge is 2.21.